The van der Waals surface area contributed by atoms with Crippen LogP contribution in [0.4, 0.5) is 5.69 Å². The highest BCUT2D eigenvalue weighted by atomic mass is 32.2. The molecule has 4 heteroatoms. The molecule has 0 aromatic heterocycles. The number of phenols is 1. The predicted molar refractivity (Wildman–Crippen MR) is 75.1 cm³/mol. The fraction of sp³-hybridized carbons (Fsp3) is 0.143. The number of thioether (sulfide) groups is 1. The molecule has 0 fully saturated rings. The molecule has 0 aliphatic rings. The van der Waals surface area contributed by atoms with Gasteiger partial charge in [-0.15, -0.1) is 11.8 Å². The summed E-state index contributed by atoms with van der Waals surface area (Å²) in [5.74, 6) is 1.80. The molecule has 0 saturated carbocycles. The van der Waals surface area contributed by atoms with E-state index in [1.165, 1.54) is 4.90 Å². The molecule has 18 heavy (non-hydrogen) atoms. The van der Waals surface area contributed by atoms with Gasteiger partial charge in [0.05, 0.1) is 12.8 Å². The van der Waals surface area contributed by atoms with E-state index < -0.39 is 0 Å². The van der Waals surface area contributed by atoms with Crippen molar-refractivity contribution in [1.82, 2.24) is 0 Å². The monoisotopic (exact) mass is 261 g/mol. The van der Waals surface area contributed by atoms with E-state index in [2.05, 4.69) is 0 Å². The molecule has 0 unspecified atom stereocenters. The van der Waals surface area contributed by atoms with Gasteiger partial charge in [0.15, 0.2) is 0 Å². The second kappa shape index (κ2) is 5.69. The molecule has 0 saturated heterocycles. The molecule has 0 amide bonds. The molecule has 3 N–H and O–H groups in total. The van der Waals surface area contributed by atoms with Crippen LogP contribution in [0.25, 0.3) is 0 Å². The molecule has 0 aliphatic carbocycles. The van der Waals surface area contributed by atoms with Crippen molar-refractivity contribution >= 4 is 17.4 Å². The minimum atomic E-state index is 0.133. The molecule has 2 aromatic carbocycles. The van der Waals surface area contributed by atoms with Gasteiger partial charge in [-0.1, -0.05) is 6.07 Å². The third kappa shape index (κ3) is 3.11. The Labute approximate surface area is 111 Å². The van der Waals surface area contributed by atoms with Crippen molar-refractivity contribution in [2.45, 2.75) is 10.6 Å². The van der Waals surface area contributed by atoms with Crippen LogP contribution in [0.15, 0.2) is 47.4 Å². The first-order valence-corrected chi connectivity index (χ1v) is 6.52. The number of ether oxygens (including phenoxy) is 1. The van der Waals surface area contributed by atoms with Gasteiger partial charge >= 0.3 is 0 Å². The minimum absolute atomic E-state index is 0.133. The van der Waals surface area contributed by atoms with Crippen molar-refractivity contribution in [1.29, 1.82) is 0 Å². The molecule has 94 valence electrons. The van der Waals surface area contributed by atoms with Crippen LogP contribution in [-0.4, -0.2) is 12.2 Å². The number of anilines is 1. The number of methoxy groups -OCH3 is 1. The van der Waals surface area contributed by atoms with Crippen LogP contribution in [0.2, 0.25) is 0 Å². The van der Waals surface area contributed by atoms with Gasteiger partial charge in [-0.05, 0) is 42.0 Å². The van der Waals surface area contributed by atoms with Crippen molar-refractivity contribution in [2.75, 3.05) is 12.8 Å². The van der Waals surface area contributed by atoms with Gasteiger partial charge in [-0.25, -0.2) is 0 Å². The molecule has 0 atom stereocenters. The Hall–Kier alpha value is -1.81. The number of benzene rings is 2. The predicted octanol–water partition coefficient (Wildman–Crippen LogP) is 3.28. The molecular formula is C14H15NO2S. The zero-order chi connectivity index (χ0) is 13.0. The summed E-state index contributed by atoms with van der Waals surface area (Å²) in [4.78, 5) is 1.17. The Bertz CT molecular complexity index is 526. The smallest absolute Gasteiger partial charge is 0.138 e. The molecule has 3 nitrogen and oxygen atoms in total. The van der Waals surface area contributed by atoms with Gasteiger partial charge < -0.3 is 15.6 Å². The summed E-state index contributed by atoms with van der Waals surface area (Å²) >= 11 is 1.71. The second-order valence-electron chi connectivity index (χ2n) is 3.86. The molecule has 2 rings (SSSR count). The van der Waals surface area contributed by atoms with E-state index in [-0.39, 0.29) is 5.75 Å². The summed E-state index contributed by atoms with van der Waals surface area (Å²) in [5, 5.41) is 9.34. The molecular weight excluding hydrogens is 246 g/mol. The average Bonchev–Trinajstić information content (AvgIpc) is 2.41. The van der Waals surface area contributed by atoms with Gasteiger partial charge in [0.1, 0.15) is 11.5 Å². The highest BCUT2D eigenvalue weighted by Gasteiger charge is 2.01. The SMILES string of the molecule is COc1ccc(SCc2ccc(O)c(N)c2)cc1. The topological polar surface area (TPSA) is 55.5 Å². The van der Waals surface area contributed by atoms with E-state index in [1.807, 2.05) is 30.3 Å². The third-order valence-electron chi connectivity index (χ3n) is 2.56. The summed E-state index contributed by atoms with van der Waals surface area (Å²) in [6.07, 6.45) is 0. The Balaban J connectivity index is 1.99. The summed E-state index contributed by atoms with van der Waals surface area (Å²) in [6.45, 7) is 0. The van der Waals surface area contributed by atoms with Crippen LogP contribution >= 0.6 is 11.8 Å². The van der Waals surface area contributed by atoms with E-state index in [1.54, 1.807) is 31.0 Å². The quantitative estimate of drug-likeness (QED) is 0.504. The van der Waals surface area contributed by atoms with Crippen LogP contribution in [0.3, 0.4) is 0 Å². The van der Waals surface area contributed by atoms with Crippen molar-refractivity contribution in [3.8, 4) is 11.5 Å². The van der Waals surface area contributed by atoms with Crippen LogP contribution in [-0.2, 0) is 5.75 Å². The number of nitrogens with two attached hydrogens (primary N) is 1. The maximum Gasteiger partial charge on any atom is 0.138 e. The minimum Gasteiger partial charge on any atom is -0.506 e. The fourth-order valence-electron chi connectivity index (χ4n) is 1.53. The Morgan fingerprint density at radius 2 is 1.89 bits per heavy atom. The fourth-order valence-corrected chi connectivity index (χ4v) is 2.37. The highest BCUT2D eigenvalue weighted by molar-refractivity contribution is 7.98. The number of aromatic hydroxyl groups is 1. The van der Waals surface area contributed by atoms with Gasteiger partial charge in [0.2, 0.25) is 0 Å². The highest BCUT2D eigenvalue weighted by Crippen LogP contribution is 2.27. The van der Waals surface area contributed by atoms with Gasteiger partial charge in [-0.2, -0.15) is 0 Å². The van der Waals surface area contributed by atoms with Gasteiger partial charge in [-0.3, -0.25) is 0 Å². The lowest BCUT2D eigenvalue weighted by atomic mass is 10.2. The van der Waals surface area contributed by atoms with Crippen LogP contribution < -0.4 is 10.5 Å². The first kappa shape index (κ1) is 12.6. The summed E-state index contributed by atoms with van der Waals surface area (Å²) in [7, 11) is 1.65. The van der Waals surface area contributed by atoms with E-state index in [4.69, 9.17) is 10.5 Å². The van der Waals surface area contributed by atoms with Crippen LogP contribution in [0, 0.1) is 0 Å². The zero-order valence-electron chi connectivity index (χ0n) is 10.1. The zero-order valence-corrected chi connectivity index (χ0v) is 10.9. The van der Waals surface area contributed by atoms with Gasteiger partial charge in [0, 0.05) is 10.6 Å². The Morgan fingerprint density at radius 1 is 1.17 bits per heavy atom. The second-order valence-corrected chi connectivity index (χ2v) is 4.91. The van der Waals surface area contributed by atoms with Crippen molar-refractivity contribution in [3.63, 3.8) is 0 Å². The van der Waals surface area contributed by atoms with Crippen molar-refractivity contribution < 1.29 is 9.84 Å². The lowest BCUT2D eigenvalue weighted by Crippen LogP contribution is -1.88. The molecule has 0 radical (unpaired) electrons. The average molecular weight is 261 g/mol. The van der Waals surface area contributed by atoms with E-state index >= 15 is 0 Å². The van der Waals surface area contributed by atoms with E-state index in [0.29, 0.717) is 5.69 Å². The first-order chi connectivity index (χ1) is 8.69. The lowest BCUT2D eigenvalue weighted by Gasteiger charge is -2.05. The maximum atomic E-state index is 9.34. The summed E-state index contributed by atoms with van der Waals surface area (Å²) in [6, 6.07) is 13.2. The molecule has 0 spiro atoms. The normalized spacial score (nSPS) is 10.3. The number of phenolic OH excluding ortho intramolecular Hbond substituents is 1. The maximum absolute atomic E-state index is 9.34. The van der Waals surface area contributed by atoms with Crippen LogP contribution in [0.1, 0.15) is 5.56 Å². The number of hydrogen-bond donors (Lipinski definition) is 2. The van der Waals surface area contributed by atoms with Crippen molar-refractivity contribution in [2.24, 2.45) is 0 Å². The van der Waals surface area contributed by atoms with Gasteiger partial charge in [0.25, 0.3) is 0 Å². The van der Waals surface area contributed by atoms with E-state index in [9.17, 15) is 5.11 Å². The largest absolute Gasteiger partial charge is 0.506 e. The lowest BCUT2D eigenvalue weighted by molar-refractivity contribution is 0.414. The molecule has 0 aliphatic heterocycles. The molecule has 0 bridgehead atoms. The molecule has 2 aromatic rings. The number of rotatable bonds is 4. The first-order valence-electron chi connectivity index (χ1n) is 5.53. The molecule has 0 heterocycles. The van der Waals surface area contributed by atoms with Crippen molar-refractivity contribution in [3.05, 3.63) is 48.0 Å². The summed E-state index contributed by atoms with van der Waals surface area (Å²) < 4.78 is 5.11. The Kier molecular flexibility index (Phi) is 3.99. The summed E-state index contributed by atoms with van der Waals surface area (Å²) in [5.41, 5.74) is 7.16. The standard InChI is InChI=1S/C14H15NO2S/c1-17-11-3-5-12(6-4-11)18-9-10-2-7-14(16)13(15)8-10/h2-8,16H,9,15H2,1H3. The van der Waals surface area contributed by atoms with Crippen LogP contribution in [0.5, 0.6) is 11.5 Å². The third-order valence-corrected chi connectivity index (χ3v) is 3.64. The Morgan fingerprint density at radius 3 is 2.50 bits per heavy atom. The number of hydrogen-bond acceptors (Lipinski definition) is 4. The van der Waals surface area contributed by atoms with E-state index in [0.717, 1.165) is 17.1 Å². The number of nitrogen functional groups attached to an aromatic ring is 1.